The summed E-state index contributed by atoms with van der Waals surface area (Å²) in [6.45, 7) is 8.43. The summed E-state index contributed by atoms with van der Waals surface area (Å²) in [6, 6.07) is 2.19. The number of aliphatic hydroxyl groups is 1. The van der Waals surface area contributed by atoms with E-state index in [2.05, 4.69) is 57.6 Å². The number of hydrogen-bond donors (Lipinski definition) is 2. The van der Waals surface area contributed by atoms with Crippen LogP contribution in [0.15, 0.2) is 30.5 Å². The van der Waals surface area contributed by atoms with Crippen LogP contribution in [0.1, 0.15) is 30.3 Å². The van der Waals surface area contributed by atoms with Crippen LogP contribution in [0.3, 0.4) is 0 Å². The average Bonchev–Trinajstić information content (AvgIpc) is 3.20. The first kappa shape index (κ1) is 24.5. The zero-order chi connectivity index (χ0) is 20.6. The molecule has 2 heterocycles. The van der Waals surface area contributed by atoms with E-state index >= 15 is 0 Å². The molecule has 2 atom stereocenters. The van der Waals surface area contributed by atoms with Crippen molar-refractivity contribution in [3.05, 3.63) is 41.6 Å². The zero-order valence-electron chi connectivity index (χ0n) is 15.5. The highest BCUT2D eigenvalue weighted by Crippen LogP contribution is 2.31. The van der Waals surface area contributed by atoms with E-state index in [1.165, 1.54) is 11.3 Å². The summed E-state index contributed by atoms with van der Waals surface area (Å²) >= 11 is 9.74. The summed E-state index contributed by atoms with van der Waals surface area (Å²) in [7, 11) is -1.66. The minimum Gasteiger partial charge on any atom is -0.479 e. The van der Waals surface area contributed by atoms with Gasteiger partial charge < -0.3 is 14.3 Å². The number of nitriles is 1. The van der Waals surface area contributed by atoms with Crippen molar-refractivity contribution in [3.8, 4) is 6.07 Å². The molecule has 0 aromatic carbocycles. The van der Waals surface area contributed by atoms with E-state index in [-0.39, 0.29) is 5.90 Å². The summed E-state index contributed by atoms with van der Waals surface area (Å²) in [5.41, 5.74) is 1.63. The van der Waals surface area contributed by atoms with Crippen molar-refractivity contribution >= 4 is 68.7 Å². The molecule has 2 N–H and O–H groups in total. The Balaban J connectivity index is 0.000000271. The van der Waals surface area contributed by atoms with E-state index in [4.69, 9.17) is 19.8 Å². The van der Waals surface area contributed by atoms with Crippen molar-refractivity contribution < 1.29 is 14.3 Å². The first-order valence-corrected chi connectivity index (χ1v) is 14.9. The van der Waals surface area contributed by atoms with Crippen LogP contribution in [0, 0.1) is 16.7 Å². The Labute approximate surface area is 185 Å². The Morgan fingerprint density at radius 3 is 2.07 bits per heavy atom. The molecule has 0 fully saturated rings. The van der Waals surface area contributed by atoms with Crippen molar-refractivity contribution in [2.75, 3.05) is 6.61 Å². The lowest BCUT2D eigenvalue weighted by atomic mass is 10.2. The lowest BCUT2D eigenvalue weighted by molar-refractivity contribution is 0.190. The molecule has 0 saturated carbocycles. The van der Waals surface area contributed by atoms with Crippen LogP contribution in [0.5, 0.6) is 0 Å². The van der Waals surface area contributed by atoms with Crippen LogP contribution in [0.4, 0.5) is 0 Å². The number of thiophene rings is 2. The van der Waals surface area contributed by atoms with Gasteiger partial charge in [0.1, 0.15) is 0 Å². The van der Waals surface area contributed by atoms with E-state index < -0.39 is 20.5 Å². The van der Waals surface area contributed by atoms with Crippen LogP contribution in [0.25, 0.3) is 0 Å². The Bertz CT molecular complexity index is 784. The maximum Gasteiger partial charge on any atom is 0.215 e. The highest BCUT2D eigenvalue weighted by Gasteiger charge is 2.24. The smallest absolute Gasteiger partial charge is 0.215 e. The van der Waals surface area contributed by atoms with Crippen LogP contribution in [-0.2, 0) is 9.16 Å². The van der Waals surface area contributed by atoms with Gasteiger partial charge in [-0.3, -0.25) is 5.41 Å². The molecule has 2 aromatic rings. The van der Waals surface area contributed by atoms with Gasteiger partial charge in [0.15, 0.2) is 20.5 Å². The Morgan fingerprint density at radius 2 is 1.70 bits per heavy atom. The van der Waals surface area contributed by atoms with Crippen LogP contribution in [0.2, 0.25) is 19.6 Å². The van der Waals surface area contributed by atoms with E-state index in [9.17, 15) is 5.11 Å². The van der Waals surface area contributed by atoms with Crippen molar-refractivity contribution in [2.24, 2.45) is 0 Å². The largest absolute Gasteiger partial charge is 0.479 e. The van der Waals surface area contributed by atoms with Gasteiger partial charge in [-0.1, -0.05) is 0 Å². The van der Waals surface area contributed by atoms with E-state index in [0.29, 0.717) is 12.2 Å². The minimum absolute atomic E-state index is 0.110. The van der Waals surface area contributed by atoms with E-state index in [1.807, 2.05) is 16.1 Å². The third-order valence-corrected chi connectivity index (χ3v) is 7.44. The van der Waals surface area contributed by atoms with Gasteiger partial charge in [-0.05, 0) is 69.2 Å². The van der Waals surface area contributed by atoms with Crippen LogP contribution >= 0.6 is 54.5 Å². The van der Waals surface area contributed by atoms with Gasteiger partial charge in [0.2, 0.25) is 5.90 Å². The SMILES string of the molecule is CCOC(=N)C(O)c1cscc1Br.C[Si](C)(C)OC(C#N)c1cscc1Br. The fraction of sp³-hybridized carbons (Fsp3) is 0.412. The maximum atomic E-state index is 9.62. The third-order valence-electron chi connectivity index (χ3n) is 3.00. The van der Waals surface area contributed by atoms with Gasteiger partial charge in [0.25, 0.3) is 0 Å². The van der Waals surface area contributed by atoms with Crippen LogP contribution < -0.4 is 0 Å². The van der Waals surface area contributed by atoms with Gasteiger partial charge >= 0.3 is 0 Å². The Morgan fingerprint density at radius 1 is 1.19 bits per heavy atom. The molecule has 0 saturated heterocycles. The predicted molar refractivity (Wildman–Crippen MR) is 121 cm³/mol. The second kappa shape index (κ2) is 11.5. The van der Waals surface area contributed by atoms with Crippen molar-refractivity contribution in [2.45, 2.75) is 38.8 Å². The maximum absolute atomic E-state index is 9.62. The van der Waals surface area contributed by atoms with Gasteiger partial charge in [-0.2, -0.15) is 27.9 Å². The molecule has 0 aliphatic rings. The predicted octanol–water partition coefficient (Wildman–Crippen LogP) is 6.48. The minimum atomic E-state index is -1.66. The Kier molecular flexibility index (Phi) is 10.4. The fourth-order valence-corrected chi connectivity index (χ4v) is 5.79. The molecule has 27 heavy (non-hydrogen) atoms. The number of hydrogen-bond acceptors (Lipinski definition) is 7. The lowest BCUT2D eigenvalue weighted by Crippen LogP contribution is -2.27. The molecule has 0 bridgehead atoms. The normalized spacial score (nSPS) is 13.1. The van der Waals surface area contributed by atoms with Crippen molar-refractivity contribution in [1.82, 2.24) is 0 Å². The number of ether oxygens (including phenoxy) is 1. The number of nitrogens with zero attached hydrogens (tertiary/aromatic N) is 1. The molecule has 2 rings (SSSR count). The number of aliphatic hydroxyl groups excluding tert-OH is 1. The summed E-state index contributed by atoms with van der Waals surface area (Å²) in [5.74, 6) is -0.110. The molecule has 0 aliphatic heterocycles. The molecule has 10 heteroatoms. The summed E-state index contributed by atoms with van der Waals surface area (Å²) in [6.07, 6.45) is -1.39. The summed E-state index contributed by atoms with van der Waals surface area (Å²) in [4.78, 5) is 0. The second-order valence-corrected chi connectivity index (χ2v) is 13.9. The fourth-order valence-electron chi connectivity index (χ4n) is 1.85. The molecular formula is C17H22Br2N2O3S2Si. The van der Waals surface area contributed by atoms with E-state index in [1.54, 1.807) is 23.6 Å². The summed E-state index contributed by atoms with van der Waals surface area (Å²) in [5, 5.41) is 33.6. The van der Waals surface area contributed by atoms with Crippen LogP contribution in [-0.4, -0.2) is 25.9 Å². The first-order valence-electron chi connectivity index (χ1n) is 8.00. The first-order chi connectivity index (χ1) is 12.6. The molecule has 0 spiro atoms. The lowest BCUT2D eigenvalue weighted by Gasteiger charge is -2.21. The zero-order valence-corrected chi connectivity index (χ0v) is 21.3. The molecule has 0 radical (unpaired) electrons. The van der Waals surface area contributed by atoms with Gasteiger partial charge in [0.05, 0.1) is 12.7 Å². The van der Waals surface area contributed by atoms with Gasteiger partial charge in [-0.25, -0.2) is 0 Å². The standard InChI is InChI=1S/C9H12BrNOSSi.C8H10BrNO2S/c1-14(2,3)12-9(4-11)7-5-13-6-8(7)10;1-2-12-8(10)7(11)5-3-13-4-6(5)9/h5-6,9H,1-3H3;3-4,7,10-11H,2H2,1H3. The van der Waals surface area contributed by atoms with E-state index in [0.717, 1.165) is 14.5 Å². The summed E-state index contributed by atoms with van der Waals surface area (Å²) < 4.78 is 12.4. The number of nitrogens with one attached hydrogen (secondary N) is 1. The molecule has 0 amide bonds. The number of rotatable bonds is 6. The molecule has 0 aliphatic carbocycles. The number of halogens is 2. The molecular weight excluding hydrogens is 532 g/mol. The van der Waals surface area contributed by atoms with Gasteiger partial charge in [0, 0.05) is 30.8 Å². The highest BCUT2D eigenvalue weighted by atomic mass is 79.9. The second-order valence-electron chi connectivity index (χ2n) is 6.29. The third kappa shape index (κ3) is 8.15. The highest BCUT2D eigenvalue weighted by molar-refractivity contribution is 9.10. The molecule has 2 aromatic heterocycles. The van der Waals surface area contributed by atoms with Gasteiger partial charge in [-0.15, -0.1) is 0 Å². The monoisotopic (exact) mass is 552 g/mol. The topological polar surface area (TPSA) is 86.3 Å². The molecule has 148 valence electrons. The molecule has 5 nitrogen and oxygen atoms in total. The van der Waals surface area contributed by atoms with Crippen molar-refractivity contribution in [1.29, 1.82) is 10.7 Å². The quantitative estimate of drug-likeness (QED) is 0.243. The Hall–Kier alpha value is -0.543. The molecule has 2 unspecified atom stereocenters. The average molecular weight is 554 g/mol. The van der Waals surface area contributed by atoms with Crippen molar-refractivity contribution in [3.63, 3.8) is 0 Å².